The Bertz CT molecular complexity index is 487. The smallest absolute Gasteiger partial charge is 0.100 e. The molecule has 0 amide bonds. The summed E-state index contributed by atoms with van der Waals surface area (Å²) in [6, 6.07) is 9.95. The number of rotatable bonds is 3. The molecule has 1 aromatic carbocycles. The van der Waals surface area contributed by atoms with Crippen molar-refractivity contribution in [3.63, 3.8) is 0 Å². The van der Waals surface area contributed by atoms with E-state index in [2.05, 4.69) is 10.2 Å². The quantitative estimate of drug-likeness (QED) is 0.874. The fourth-order valence-electron chi connectivity index (χ4n) is 2.15. The molecular formula is C13H16N4. The summed E-state index contributed by atoms with van der Waals surface area (Å²) in [5, 5.41) is 8.74. The lowest BCUT2D eigenvalue weighted by molar-refractivity contribution is 0.260. The number of para-hydroxylation sites is 1. The third-order valence-corrected chi connectivity index (χ3v) is 3.50. The van der Waals surface area contributed by atoms with Gasteiger partial charge in [0.15, 0.2) is 0 Å². The highest BCUT2D eigenvalue weighted by atomic mass is 15.5. The van der Waals surface area contributed by atoms with Gasteiger partial charge in [-0.3, -0.25) is 0 Å². The van der Waals surface area contributed by atoms with Crippen LogP contribution in [0, 0.1) is 5.92 Å². The van der Waals surface area contributed by atoms with Crippen molar-refractivity contribution in [3.05, 3.63) is 42.2 Å². The topological polar surface area (TPSA) is 56.7 Å². The van der Waals surface area contributed by atoms with Crippen molar-refractivity contribution in [1.29, 1.82) is 0 Å². The molecule has 4 heteroatoms. The number of nitrogens with two attached hydrogens (primary N) is 1. The number of benzene rings is 1. The number of hydrogen-bond acceptors (Lipinski definition) is 3. The standard InChI is InChI=1S/C13H16N4/c14-13(10-5-4-6-10)12-9-15-17(16-12)11-7-2-1-3-8-11/h1-3,7-10,13H,4-6,14H2. The van der Waals surface area contributed by atoms with Gasteiger partial charge in [-0.05, 0) is 30.9 Å². The van der Waals surface area contributed by atoms with E-state index in [4.69, 9.17) is 5.73 Å². The van der Waals surface area contributed by atoms with E-state index in [1.54, 1.807) is 11.0 Å². The van der Waals surface area contributed by atoms with Gasteiger partial charge < -0.3 is 5.73 Å². The highest BCUT2D eigenvalue weighted by Crippen LogP contribution is 2.35. The predicted octanol–water partition coefficient (Wildman–Crippen LogP) is 2.07. The van der Waals surface area contributed by atoms with Crippen molar-refractivity contribution >= 4 is 0 Å². The van der Waals surface area contributed by atoms with E-state index in [1.807, 2.05) is 30.3 Å². The monoisotopic (exact) mass is 228 g/mol. The van der Waals surface area contributed by atoms with Gasteiger partial charge in [0.05, 0.1) is 17.9 Å². The molecule has 3 rings (SSSR count). The highest BCUT2D eigenvalue weighted by molar-refractivity contribution is 5.28. The molecule has 0 bridgehead atoms. The molecular weight excluding hydrogens is 212 g/mol. The Morgan fingerprint density at radius 2 is 2.00 bits per heavy atom. The summed E-state index contributed by atoms with van der Waals surface area (Å²) in [7, 11) is 0. The summed E-state index contributed by atoms with van der Waals surface area (Å²) < 4.78 is 0. The summed E-state index contributed by atoms with van der Waals surface area (Å²) in [5.74, 6) is 0.593. The number of hydrogen-bond donors (Lipinski definition) is 1. The Hall–Kier alpha value is -1.68. The van der Waals surface area contributed by atoms with E-state index in [9.17, 15) is 0 Å². The maximum Gasteiger partial charge on any atom is 0.100 e. The SMILES string of the molecule is NC(c1cnn(-c2ccccc2)n1)C1CCC1. The predicted molar refractivity (Wildman–Crippen MR) is 65.6 cm³/mol. The Morgan fingerprint density at radius 1 is 1.24 bits per heavy atom. The lowest BCUT2D eigenvalue weighted by atomic mass is 9.79. The first-order chi connectivity index (χ1) is 8.34. The Morgan fingerprint density at radius 3 is 2.65 bits per heavy atom. The van der Waals surface area contributed by atoms with Crippen molar-refractivity contribution in [2.75, 3.05) is 0 Å². The second kappa shape index (κ2) is 4.30. The lowest BCUT2D eigenvalue weighted by Crippen LogP contribution is -2.27. The minimum atomic E-state index is 0.0428. The Kier molecular flexibility index (Phi) is 2.65. The second-order valence-corrected chi connectivity index (χ2v) is 4.61. The summed E-state index contributed by atoms with van der Waals surface area (Å²) in [4.78, 5) is 1.65. The van der Waals surface area contributed by atoms with Gasteiger partial charge in [-0.15, -0.1) is 0 Å². The first-order valence-corrected chi connectivity index (χ1v) is 6.08. The van der Waals surface area contributed by atoms with E-state index in [-0.39, 0.29) is 6.04 Å². The molecule has 2 N–H and O–H groups in total. The summed E-state index contributed by atoms with van der Waals surface area (Å²) in [5.41, 5.74) is 8.05. The van der Waals surface area contributed by atoms with Crippen molar-refractivity contribution in [2.45, 2.75) is 25.3 Å². The van der Waals surface area contributed by atoms with E-state index in [0.29, 0.717) is 5.92 Å². The van der Waals surface area contributed by atoms with Crippen LogP contribution < -0.4 is 5.73 Å². The zero-order valence-corrected chi connectivity index (χ0v) is 9.66. The summed E-state index contributed by atoms with van der Waals surface area (Å²) in [6.07, 6.45) is 5.53. The third kappa shape index (κ3) is 1.96. The van der Waals surface area contributed by atoms with E-state index in [0.717, 1.165) is 11.4 Å². The minimum absolute atomic E-state index is 0.0428. The van der Waals surface area contributed by atoms with Crippen LogP contribution in [0.2, 0.25) is 0 Å². The highest BCUT2D eigenvalue weighted by Gasteiger charge is 2.27. The van der Waals surface area contributed by atoms with Crippen LogP contribution in [0.1, 0.15) is 31.0 Å². The van der Waals surface area contributed by atoms with Gasteiger partial charge >= 0.3 is 0 Å². The second-order valence-electron chi connectivity index (χ2n) is 4.61. The molecule has 1 fully saturated rings. The first kappa shape index (κ1) is 10.5. The van der Waals surface area contributed by atoms with Crippen LogP contribution >= 0.6 is 0 Å². The minimum Gasteiger partial charge on any atom is -0.322 e. The third-order valence-electron chi connectivity index (χ3n) is 3.50. The molecule has 88 valence electrons. The molecule has 1 aromatic heterocycles. The van der Waals surface area contributed by atoms with Gasteiger partial charge in [-0.1, -0.05) is 24.6 Å². The molecule has 1 saturated carbocycles. The molecule has 1 aliphatic rings. The van der Waals surface area contributed by atoms with E-state index >= 15 is 0 Å². The van der Waals surface area contributed by atoms with Crippen LogP contribution in [0.5, 0.6) is 0 Å². The van der Waals surface area contributed by atoms with Crippen LogP contribution in [0.25, 0.3) is 5.69 Å². The van der Waals surface area contributed by atoms with Gasteiger partial charge in [0.2, 0.25) is 0 Å². The van der Waals surface area contributed by atoms with Gasteiger partial charge in [0.25, 0.3) is 0 Å². The zero-order chi connectivity index (χ0) is 11.7. The van der Waals surface area contributed by atoms with Gasteiger partial charge in [0, 0.05) is 0 Å². The largest absolute Gasteiger partial charge is 0.322 e. The molecule has 1 atom stereocenters. The number of nitrogens with zero attached hydrogens (tertiary/aromatic N) is 3. The normalized spacial score (nSPS) is 17.7. The van der Waals surface area contributed by atoms with Gasteiger partial charge in [0.1, 0.15) is 5.69 Å². The molecule has 1 aliphatic carbocycles. The average molecular weight is 228 g/mol. The Labute approximate surface area is 100 Å². The van der Waals surface area contributed by atoms with Crippen LogP contribution in [0.3, 0.4) is 0 Å². The van der Waals surface area contributed by atoms with Crippen LogP contribution in [0.4, 0.5) is 0 Å². The molecule has 0 aliphatic heterocycles. The Balaban J connectivity index is 1.82. The van der Waals surface area contributed by atoms with Crippen LogP contribution in [0.15, 0.2) is 36.5 Å². The van der Waals surface area contributed by atoms with Crippen molar-refractivity contribution in [2.24, 2.45) is 11.7 Å². The molecule has 4 nitrogen and oxygen atoms in total. The fourth-order valence-corrected chi connectivity index (χ4v) is 2.15. The van der Waals surface area contributed by atoms with Crippen molar-refractivity contribution in [1.82, 2.24) is 15.0 Å². The molecule has 1 unspecified atom stereocenters. The average Bonchev–Trinajstić information content (AvgIpc) is 2.77. The van der Waals surface area contributed by atoms with Crippen LogP contribution in [-0.2, 0) is 0 Å². The molecule has 1 heterocycles. The maximum absolute atomic E-state index is 6.18. The molecule has 2 aromatic rings. The number of aromatic nitrogens is 3. The summed E-state index contributed by atoms with van der Waals surface area (Å²) >= 11 is 0. The molecule has 17 heavy (non-hydrogen) atoms. The first-order valence-electron chi connectivity index (χ1n) is 6.08. The lowest BCUT2D eigenvalue weighted by Gasteiger charge is -2.29. The van der Waals surface area contributed by atoms with Gasteiger partial charge in [-0.2, -0.15) is 15.0 Å². The fraction of sp³-hybridized carbons (Fsp3) is 0.385. The summed E-state index contributed by atoms with van der Waals surface area (Å²) in [6.45, 7) is 0. The van der Waals surface area contributed by atoms with Crippen molar-refractivity contribution in [3.8, 4) is 5.69 Å². The zero-order valence-electron chi connectivity index (χ0n) is 9.66. The van der Waals surface area contributed by atoms with E-state index < -0.39 is 0 Å². The molecule has 0 spiro atoms. The molecule has 0 saturated heterocycles. The maximum atomic E-state index is 6.18. The van der Waals surface area contributed by atoms with Crippen LogP contribution in [-0.4, -0.2) is 15.0 Å². The van der Waals surface area contributed by atoms with Gasteiger partial charge in [-0.25, -0.2) is 0 Å². The van der Waals surface area contributed by atoms with E-state index in [1.165, 1.54) is 19.3 Å². The molecule has 0 radical (unpaired) electrons. The van der Waals surface area contributed by atoms with Crippen molar-refractivity contribution < 1.29 is 0 Å².